The Kier molecular flexibility index (Phi) is 3.09. The summed E-state index contributed by atoms with van der Waals surface area (Å²) in [7, 11) is 0. The van der Waals surface area contributed by atoms with Crippen molar-refractivity contribution in [3.63, 3.8) is 0 Å². The van der Waals surface area contributed by atoms with Gasteiger partial charge in [0.25, 0.3) is 5.91 Å². The molecule has 1 aliphatic carbocycles. The largest absolute Gasteiger partial charge is 0.389 e. The lowest BCUT2D eigenvalue weighted by atomic mass is 9.71. The maximum atomic E-state index is 12.3. The first-order valence-corrected chi connectivity index (χ1v) is 7.03. The highest BCUT2D eigenvalue weighted by molar-refractivity contribution is 5.92. The molecule has 0 aromatic carbocycles. The summed E-state index contributed by atoms with van der Waals surface area (Å²) in [5.41, 5.74) is -0.173. The average molecular weight is 264 g/mol. The number of rotatable bonds is 1. The van der Waals surface area contributed by atoms with Crippen LogP contribution in [-0.4, -0.2) is 39.8 Å². The first-order chi connectivity index (χ1) is 9.08. The Hall–Kier alpha value is -1.36. The van der Waals surface area contributed by atoms with Crippen LogP contribution >= 0.6 is 0 Å². The number of fused-ring (bicyclic) bond motifs is 1. The Morgan fingerprint density at radius 3 is 3.11 bits per heavy atom. The number of likely N-dealkylation sites (tertiary alicyclic amines) is 1. The maximum Gasteiger partial charge on any atom is 0.276 e. The van der Waals surface area contributed by atoms with Gasteiger partial charge in [0.15, 0.2) is 5.69 Å². The minimum Gasteiger partial charge on any atom is -0.389 e. The molecule has 1 aromatic rings. The fourth-order valence-electron chi connectivity index (χ4n) is 3.38. The number of amides is 1. The minimum atomic E-state index is -0.547. The molecule has 19 heavy (non-hydrogen) atoms. The topological polar surface area (TPSA) is 66.6 Å². The zero-order valence-corrected chi connectivity index (χ0v) is 11.3. The monoisotopic (exact) mass is 264 g/mol. The molecule has 2 unspecified atom stereocenters. The molecule has 1 aliphatic heterocycles. The first kappa shape index (κ1) is 12.7. The molecule has 1 saturated heterocycles. The number of aromatic nitrogens is 1. The number of carbonyl (C=O) groups is 1. The van der Waals surface area contributed by atoms with E-state index in [0.717, 1.165) is 25.7 Å². The van der Waals surface area contributed by atoms with Gasteiger partial charge in [-0.1, -0.05) is 18.0 Å². The summed E-state index contributed by atoms with van der Waals surface area (Å²) >= 11 is 0. The Morgan fingerprint density at radius 2 is 2.37 bits per heavy atom. The number of nitrogens with zero attached hydrogens (tertiary/aromatic N) is 2. The molecule has 0 spiro atoms. The lowest BCUT2D eigenvalue weighted by molar-refractivity contribution is -0.0887. The van der Waals surface area contributed by atoms with Gasteiger partial charge in [-0.3, -0.25) is 4.79 Å². The van der Waals surface area contributed by atoms with E-state index in [-0.39, 0.29) is 11.8 Å². The van der Waals surface area contributed by atoms with Crippen molar-refractivity contribution < 1.29 is 14.4 Å². The van der Waals surface area contributed by atoms with Gasteiger partial charge in [0.2, 0.25) is 0 Å². The fourth-order valence-corrected chi connectivity index (χ4v) is 3.38. The van der Waals surface area contributed by atoms with E-state index in [1.165, 1.54) is 0 Å². The van der Waals surface area contributed by atoms with Crippen molar-refractivity contribution in [2.45, 2.75) is 44.6 Å². The SMILES string of the molecule is Cc1cc(C(=O)N2CCC3(O)CCCCC3C2)no1. The number of aryl methyl sites for hydroxylation is 1. The van der Waals surface area contributed by atoms with Crippen LogP contribution in [0.4, 0.5) is 0 Å². The molecule has 0 radical (unpaired) electrons. The zero-order valence-electron chi connectivity index (χ0n) is 11.3. The third kappa shape index (κ3) is 2.27. The lowest BCUT2D eigenvalue weighted by Crippen LogP contribution is -2.54. The van der Waals surface area contributed by atoms with Crippen LogP contribution in [0.25, 0.3) is 0 Å². The second kappa shape index (κ2) is 4.63. The molecule has 1 N–H and O–H groups in total. The van der Waals surface area contributed by atoms with Crippen molar-refractivity contribution in [2.75, 3.05) is 13.1 Å². The maximum absolute atomic E-state index is 12.3. The molecule has 1 amide bonds. The molecule has 1 aromatic heterocycles. The third-order valence-corrected chi connectivity index (χ3v) is 4.56. The van der Waals surface area contributed by atoms with Gasteiger partial charge in [-0.25, -0.2) is 0 Å². The van der Waals surface area contributed by atoms with E-state index in [2.05, 4.69) is 5.16 Å². The molecule has 5 nitrogen and oxygen atoms in total. The van der Waals surface area contributed by atoms with E-state index in [1.54, 1.807) is 13.0 Å². The van der Waals surface area contributed by atoms with Crippen LogP contribution < -0.4 is 0 Å². The molecular weight excluding hydrogens is 244 g/mol. The summed E-state index contributed by atoms with van der Waals surface area (Å²) in [5, 5.41) is 14.4. The summed E-state index contributed by atoms with van der Waals surface area (Å²) in [5.74, 6) is 0.783. The molecule has 2 atom stereocenters. The second-order valence-electron chi connectivity index (χ2n) is 5.87. The summed E-state index contributed by atoms with van der Waals surface area (Å²) in [6.07, 6.45) is 4.82. The van der Waals surface area contributed by atoms with Crippen LogP contribution in [0.15, 0.2) is 10.6 Å². The molecule has 2 aliphatic rings. The van der Waals surface area contributed by atoms with Gasteiger partial charge in [-0.05, 0) is 26.2 Å². The van der Waals surface area contributed by atoms with Crippen LogP contribution in [0.5, 0.6) is 0 Å². The summed E-state index contributed by atoms with van der Waals surface area (Å²) in [4.78, 5) is 14.1. The van der Waals surface area contributed by atoms with Gasteiger partial charge in [0.1, 0.15) is 5.76 Å². The molecule has 2 fully saturated rings. The highest BCUT2D eigenvalue weighted by Crippen LogP contribution is 2.39. The molecular formula is C14H20N2O3. The van der Waals surface area contributed by atoms with Gasteiger partial charge >= 0.3 is 0 Å². The van der Waals surface area contributed by atoms with Crippen molar-refractivity contribution in [1.82, 2.24) is 10.1 Å². The van der Waals surface area contributed by atoms with Crippen molar-refractivity contribution in [2.24, 2.45) is 5.92 Å². The summed E-state index contributed by atoms with van der Waals surface area (Å²) in [6.45, 7) is 3.03. The van der Waals surface area contributed by atoms with Crippen LogP contribution in [0.3, 0.4) is 0 Å². The van der Waals surface area contributed by atoms with E-state index in [4.69, 9.17) is 4.52 Å². The minimum absolute atomic E-state index is 0.0792. The fraction of sp³-hybridized carbons (Fsp3) is 0.714. The molecule has 0 bridgehead atoms. The number of hydrogen-bond donors (Lipinski definition) is 1. The molecule has 5 heteroatoms. The molecule has 3 rings (SSSR count). The van der Waals surface area contributed by atoms with Crippen LogP contribution in [0.1, 0.15) is 48.4 Å². The lowest BCUT2D eigenvalue weighted by Gasteiger charge is -2.47. The number of hydrogen-bond acceptors (Lipinski definition) is 4. The van der Waals surface area contributed by atoms with Crippen molar-refractivity contribution in [1.29, 1.82) is 0 Å². The zero-order chi connectivity index (χ0) is 13.5. The van der Waals surface area contributed by atoms with Crippen molar-refractivity contribution >= 4 is 5.91 Å². The highest BCUT2D eigenvalue weighted by atomic mass is 16.5. The summed E-state index contributed by atoms with van der Waals surface area (Å²) < 4.78 is 4.96. The standard InChI is InChI=1S/C14H20N2O3/c1-10-8-12(15-19-10)13(17)16-7-6-14(18)5-3-2-4-11(14)9-16/h8,11,18H,2-7,9H2,1H3. The van der Waals surface area contributed by atoms with Gasteiger partial charge < -0.3 is 14.5 Å². The van der Waals surface area contributed by atoms with Gasteiger partial charge in [-0.2, -0.15) is 0 Å². The van der Waals surface area contributed by atoms with Crippen LogP contribution in [-0.2, 0) is 0 Å². The van der Waals surface area contributed by atoms with E-state index >= 15 is 0 Å². The predicted octanol–water partition coefficient (Wildman–Crippen LogP) is 1.75. The Balaban J connectivity index is 1.72. The van der Waals surface area contributed by atoms with E-state index in [1.807, 2.05) is 4.90 Å². The third-order valence-electron chi connectivity index (χ3n) is 4.56. The number of piperidine rings is 1. The number of aliphatic hydroxyl groups is 1. The first-order valence-electron chi connectivity index (χ1n) is 7.03. The highest BCUT2D eigenvalue weighted by Gasteiger charge is 2.44. The predicted molar refractivity (Wildman–Crippen MR) is 68.7 cm³/mol. The quantitative estimate of drug-likeness (QED) is 0.839. The average Bonchev–Trinajstić information content (AvgIpc) is 2.83. The molecule has 104 valence electrons. The second-order valence-corrected chi connectivity index (χ2v) is 5.87. The Morgan fingerprint density at radius 1 is 1.53 bits per heavy atom. The van der Waals surface area contributed by atoms with E-state index in [9.17, 15) is 9.90 Å². The van der Waals surface area contributed by atoms with E-state index in [0.29, 0.717) is 31.0 Å². The van der Waals surface area contributed by atoms with Gasteiger partial charge in [0.05, 0.1) is 5.60 Å². The summed E-state index contributed by atoms with van der Waals surface area (Å²) in [6, 6.07) is 1.67. The molecule has 2 heterocycles. The Bertz CT molecular complexity index is 485. The van der Waals surface area contributed by atoms with E-state index < -0.39 is 5.60 Å². The van der Waals surface area contributed by atoms with Crippen LogP contribution in [0.2, 0.25) is 0 Å². The van der Waals surface area contributed by atoms with Gasteiger partial charge in [-0.15, -0.1) is 0 Å². The normalized spacial score (nSPS) is 31.1. The smallest absolute Gasteiger partial charge is 0.276 e. The Labute approximate surface area is 112 Å². The number of carbonyl (C=O) groups excluding carboxylic acids is 1. The van der Waals surface area contributed by atoms with Gasteiger partial charge in [0, 0.05) is 25.1 Å². The van der Waals surface area contributed by atoms with Crippen molar-refractivity contribution in [3.8, 4) is 0 Å². The van der Waals surface area contributed by atoms with Crippen LogP contribution in [0, 0.1) is 12.8 Å². The molecule has 1 saturated carbocycles. The van der Waals surface area contributed by atoms with Crippen molar-refractivity contribution in [3.05, 3.63) is 17.5 Å².